The number of hydrogen-bond acceptors (Lipinski definition) is 3. The van der Waals surface area contributed by atoms with Crippen LogP contribution in [-0.4, -0.2) is 9.98 Å². The van der Waals surface area contributed by atoms with Crippen LogP contribution in [0.1, 0.15) is 22.3 Å². The van der Waals surface area contributed by atoms with Gasteiger partial charge in [0.05, 0.1) is 0 Å². The molecule has 0 spiro atoms. The Balaban J connectivity index is 1.77. The fourth-order valence-electron chi connectivity index (χ4n) is 2.62. The van der Waals surface area contributed by atoms with Gasteiger partial charge in [-0.25, -0.2) is 0 Å². The van der Waals surface area contributed by atoms with Crippen LogP contribution in [0.3, 0.4) is 0 Å². The van der Waals surface area contributed by atoms with Crippen LogP contribution in [0.2, 0.25) is 0 Å². The Morgan fingerprint density at radius 2 is 1.07 bits per heavy atom. The zero-order valence-corrected chi connectivity index (χ0v) is 17.0. The maximum atomic E-state index is 6.08. The number of hydrogen-bond donors (Lipinski definition) is 3. The minimum Gasteiger partial charge on any atom is -0.399 e. The van der Waals surface area contributed by atoms with Crippen LogP contribution in [0, 0.1) is 24.7 Å². The smallest absolute Gasteiger partial charge is 0.111 e. The van der Waals surface area contributed by atoms with E-state index in [0.29, 0.717) is 15.7 Å². The van der Waals surface area contributed by atoms with Crippen molar-refractivity contribution < 1.29 is 0 Å². The molecule has 0 bridgehead atoms. The van der Waals surface area contributed by atoms with Crippen molar-refractivity contribution in [2.45, 2.75) is 0 Å². The molecule has 4 N–H and O–H groups in total. The van der Waals surface area contributed by atoms with Gasteiger partial charge in [0.25, 0.3) is 0 Å². The SMILES string of the molecule is C#Cc1ccc(NC(=S)c2cc(N)cc(C(=S)Nc3ccc(C#C)cc3)c2)cc1. The first-order valence-electron chi connectivity index (χ1n) is 8.65. The summed E-state index contributed by atoms with van der Waals surface area (Å²) in [6, 6.07) is 20.4. The van der Waals surface area contributed by atoms with E-state index in [4.69, 9.17) is 43.0 Å². The van der Waals surface area contributed by atoms with Gasteiger partial charge in [-0.3, -0.25) is 0 Å². The third-order valence-corrected chi connectivity index (χ3v) is 4.77. The summed E-state index contributed by atoms with van der Waals surface area (Å²) in [5, 5.41) is 6.38. The van der Waals surface area contributed by atoms with E-state index in [1.165, 1.54) is 0 Å². The number of nitrogens with one attached hydrogen (secondary N) is 2. The number of terminal acetylenes is 2. The zero-order valence-electron chi connectivity index (χ0n) is 15.4. The van der Waals surface area contributed by atoms with Gasteiger partial charge in [-0.2, -0.15) is 0 Å². The highest BCUT2D eigenvalue weighted by molar-refractivity contribution is 7.81. The van der Waals surface area contributed by atoms with E-state index < -0.39 is 0 Å². The molecule has 0 aliphatic heterocycles. The Bertz CT molecular complexity index is 1060. The number of nitrogen functional groups attached to an aromatic ring is 1. The van der Waals surface area contributed by atoms with Gasteiger partial charge in [-0.1, -0.05) is 36.3 Å². The summed E-state index contributed by atoms with van der Waals surface area (Å²) in [5.41, 5.74) is 11.5. The monoisotopic (exact) mass is 411 g/mol. The van der Waals surface area contributed by atoms with E-state index in [2.05, 4.69) is 22.5 Å². The van der Waals surface area contributed by atoms with Crippen molar-refractivity contribution in [1.29, 1.82) is 0 Å². The van der Waals surface area contributed by atoms with E-state index >= 15 is 0 Å². The van der Waals surface area contributed by atoms with Crippen molar-refractivity contribution in [2.24, 2.45) is 0 Å². The Labute approximate surface area is 181 Å². The lowest BCUT2D eigenvalue weighted by molar-refractivity contribution is 1.56. The molecule has 0 saturated heterocycles. The Morgan fingerprint density at radius 1 is 0.690 bits per heavy atom. The topological polar surface area (TPSA) is 50.1 Å². The summed E-state index contributed by atoms with van der Waals surface area (Å²) in [6.07, 6.45) is 10.8. The van der Waals surface area contributed by atoms with Gasteiger partial charge in [0.2, 0.25) is 0 Å². The summed E-state index contributed by atoms with van der Waals surface area (Å²) < 4.78 is 0. The van der Waals surface area contributed by atoms with Crippen LogP contribution in [0.4, 0.5) is 17.1 Å². The second kappa shape index (κ2) is 9.03. The van der Waals surface area contributed by atoms with Crippen LogP contribution in [0.15, 0.2) is 66.7 Å². The second-order valence-electron chi connectivity index (χ2n) is 6.20. The standard InChI is InChI=1S/C24H17N3S2/c1-3-16-5-9-21(10-6-16)26-23(28)18-13-19(15-20(25)14-18)24(29)27-22-11-7-17(4-2)8-12-22/h1-2,5-15H,25H2,(H,26,28)(H,27,29). The molecule has 140 valence electrons. The van der Waals surface area contributed by atoms with Gasteiger partial charge in [0.15, 0.2) is 0 Å². The summed E-state index contributed by atoms with van der Waals surface area (Å²) >= 11 is 11.1. The first-order valence-corrected chi connectivity index (χ1v) is 9.47. The molecule has 0 aliphatic rings. The summed E-state index contributed by atoms with van der Waals surface area (Å²) in [6.45, 7) is 0. The predicted molar refractivity (Wildman–Crippen MR) is 130 cm³/mol. The first kappa shape index (κ1) is 20.1. The molecule has 3 aromatic rings. The normalized spacial score (nSPS) is 9.72. The summed E-state index contributed by atoms with van der Waals surface area (Å²) in [5.74, 6) is 5.17. The molecule has 0 amide bonds. The van der Waals surface area contributed by atoms with Gasteiger partial charge >= 0.3 is 0 Å². The molecule has 0 aliphatic carbocycles. The van der Waals surface area contributed by atoms with Crippen molar-refractivity contribution in [3.8, 4) is 24.7 Å². The summed E-state index contributed by atoms with van der Waals surface area (Å²) in [4.78, 5) is 1.07. The van der Waals surface area contributed by atoms with Crippen molar-refractivity contribution in [3.05, 3.63) is 89.0 Å². The Hall–Kier alpha value is -3.64. The van der Waals surface area contributed by atoms with Crippen LogP contribution in [0.5, 0.6) is 0 Å². The lowest BCUT2D eigenvalue weighted by atomic mass is 10.1. The molecule has 0 atom stereocenters. The lowest BCUT2D eigenvalue weighted by Gasteiger charge is -2.13. The van der Waals surface area contributed by atoms with E-state index in [-0.39, 0.29) is 0 Å². The maximum Gasteiger partial charge on any atom is 0.111 e. The van der Waals surface area contributed by atoms with Crippen molar-refractivity contribution in [1.82, 2.24) is 0 Å². The first-order chi connectivity index (χ1) is 14.0. The fourth-order valence-corrected chi connectivity index (χ4v) is 3.09. The average Bonchev–Trinajstić information content (AvgIpc) is 2.74. The minimum atomic E-state index is 0.535. The highest BCUT2D eigenvalue weighted by Gasteiger charge is 2.09. The Kier molecular flexibility index (Phi) is 6.26. The molecule has 29 heavy (non-hydrogen) atoms. The van der Waals surface area contributed by atoms with Gasteiger partial charge in [-0.05, 0) is 66.7 Å². The van der Waals surface area contributed by atoms with E-state index in [1.54, 1.807) is 12.1 Å². The molecule has 0 heterocycles. The van der Waals surface area contributed by atoms with Crippen molar-refractivity contribution in [2.75, 3.05) is 16.4 Å². The molecule has 0 unspecified atom stereocenters. The highest BCUT2D eigenvalue weighted by atomic mass is 32.1. The number of anilines is 3. The molecule has 3 nitrogen and oxygen atoms in total. The largest absolute Gasteiger partial charge is 0.399 e. The molecule has 3 aromatic carbocycles. The van der Waals surface area contributed by atoms with Gasteiger partial charge < -0.3 is 16.4 Å². The van der Waals surface area contributed by atoms with Crippen LogP contribution in [0.25, 0.3) is 0 Å². The van der Waals surface area contributed by atoms with E-state index in [1.807, 2.05) is 54.6 Å². The average molecular weight is 412 g/mol. The number of thiocarbonyl (C=S) groups is 2. The lowest BCUT2D eigenvalue weighted by Crippen LogP contribution is -2.15. The fraction of sp³-hybridized carbons (Fsp3) is 0. The summed E-state index contributed by atoms with van der Waals surface area (Å²) in [7, 11) is 0. The molecule has 3 rings (SSSR count). The van der Waals surface area contributed by atoms with E-state index in [9.17, 15) is 0 Å². The molecule has 0 aromatic heterocycles. The minimum absolute atomic E-state index is 0.535. The third kappa shape index (κ3) is 5.21. The molecular weight excluding hydrogens is 394 g/mol. The highest BCUT2D eigenvalue weighted by Crippen LogP contribution is 2.18. The third-order valence-electron chi connectivity index (χ3n) is 4.10. The second-order valence-corrected chi connectivity index (χ2v) is 7.01. The number of rotatable bonds is 4. The van der Waals surface area contributed by atoms with Gasteiger partial charge in [-0.15, -0.1) is 12.8 Å². The van der Waals surface area contributed by atoms with Gasteiger partial charge in [0, 0.05) is 39.3 Å². The van der Waals surface area contributed by atoms with Crippen LogP contribution < -0.4 is 16.4 Å². The van der Waals surface area contributed by atoms with Crippen molar-refractivity contribution >= 4 is 51.5 Å². The molecule has 5 heteroatoms. The molecular formula is C24H17N3S2. The van der Waals surface area contributed by atoms with E-state index in [0.717, 1.165) is 33.6 Å². The molecule has 0 saturated carbocycles. The molecule has 0 radical (unpaired) electrons. The zero-order chi connectivity index (χ0) is 20.8. The van der Waals surface area contributed by atoms with Crippen LogP contribution >= 0.6 is 24.4 Å². The quantitative estimate of drug-likeness (QED) is 0.327. The number of benzene rings is 3. The number of nitrogens with two attached hydrogens (primary N) is 1. The van der Waals surface area contributed by atoms with Crippen molar-refractivity contribution in [3.63, 3.8) is 0 Å². The van der Waals surface area contributed by atoms with Crippen LogP contribution in [-0.2, 0) is 0 Å². The van der Waals surface area contributed by atoms with Gasteiger partial charge in [0.1, 0.15) is 9.98 Å². The maximum absolute atomic E-state index is 6.08. The predicted octanol–water partition coefficient (Wildman–Crippen LogP) is 4.81. The Morgan fingerprint density at radius 3 is 1.41 bits per heavy atom. The molecule has 0 fully saturated rings.